The second kappa shape index (κ2) is 5.64. The first-order chi connectivity index (χ1) is 7.14. The van der Waals surface area contributed by atoms with Gasteiger partial charge in [0.1, 0.15) is 0 Å². The minimum Gasteiger partial charge on any atom is -0.388 e. The summed E-state index contributed by atoms with van der Waals surface area (Å²) in [6.45, 7) is 9.54. The summed E-state index contributed by atoms with van der Waals surface area (Å²) in [6.07, 6.45) is 1.32. The van der Waals surface area contributed by atoms with E-state index in [1.54, 1.807) is 13.8 Å². The summed E-state index contributed by atoms with van der Waals surface area (Å²) in [6, 6.07) is 0. The van der Waals surface area contributed by atoms with E-state index < -0.39 is 11.1 Å². The van der Waals surface area contributed by atoms with Gasteiger partial charge >= 0.3 is 0 Å². The third-order valence-electron chi connectivity index (χ3n) is 3.37. The summed E-state index contributed by atoms with van der Waals surface area (Å²) in [5.74, 6) is 0.169. The van der Waals surface area contributed by atoms with Crippen LogP contribution in [0.1, 0.15) is 47.5 Å². The van der Waals surface area contributed by atoms with Crippen molar-refractivity contribution >= 4 is 5.91 Å². The predicted molar refractivity (Wildman–Crippen MR) is 66.0 cm³/mol. The molecule has 1 amide bonds. The molecule has 0 aromatic carbocycles. The highest BCUT2D eigenvalue weighted by molar-refractivity contribution is 5.77. The van der Waals surface area contributed by atoms with Crippen LogP contribution >= 0.6 is 0 Å². The van der Waals surface area contributed by atoms with Crippen molar-refractivity contribution in [3.8, 4) is 0 Å². The van der Waals surface area contributed by atoms with Crippen molar-refractivity contribution in [2.75, 3.05) is 6.54 Å². The zero-order chi connectivity index (χ0) is 13.0. The molecule has 0 fully saturated rings. The Bertz CT molecular complexity index is 228. The molecule has 0 aromatic heterocycles. The lowest BCUT2D eigenvalue weighted by Crippen LogP contribution is -2.58. The van der Waals surface area contributed by atoms with E-state index in [-0.39, 0.29) is 11.8 Å². The molecule has 16 heavy (non-hydrogen) atoms. The Labute approximate surface area is 98.6 Å². The average molecular weight is 230 g/mol. The van der Waals surface area contributed by atoms with Crippen molar-refractivity contribution in [3.05, 3.63) is 0 Å². The smallest absolute Gasteiger partial charge is 0.220 e. The molecular formula is C12H26N2O2. The monoisotopic (exact) mass is 230 g/mol. The van der Waals surface area contributed by atoms with Gasteiger partial charge in [0.2, 0.25) is 5.91 Å². The van der Waals surface area contributed by atoms with Gasteiger partial charge < -0.3 is 16.2 Å². The fraction of sp³-hybridized carbons (Fsp3) is 0.917. The lowest BCUT2D eigenvalue weighted by molar-refractivity contribution is -0.127. The second-order valence-corrected chi connectivity index (χ2v) is 5.45. The summed E-state index contributed by atoms with van der Waals surface area (Å²) in [4.78, 5) is 11.8. The molecule has 4 heteroatoms. The van der Waals surface area contributed by atoms with Gasteiger partial charge in [-0.3, -0.25) is 4.79 Å². The number of aliphatic hydroxyl groups is 1. The minimum absolute atomic E-state index is 0.0515. The van der Waals surface area contributed by atoms with E-state index in [1.165, 1.54) is 0 Å². The van der Waals surface area contributed by atoms with E-state index in [0.717, 1.165) is 6.42 Å². The molecule has 4 N–H and O–H groups in total. The lowest BCUT2D eigenvalue weighted by Gasteiger charge is -2.38. The molecule has 4 nitrogen and oxygen atoms in total. The number of carbonyl (C=O) groups is 1. The van der Waals surface area contributed by atoms with Gasteiger partial charge in [-0.2, -0.15) is 0 Å². The first-order valence-electron chi connectivity index (χ1n) is 5.87. The van der Waals surface area contributed by atoms with Crippen molar-refractivity contribution in [1.29, 1.82) is 0 Å². The Morgan fingerprint density at radius 2 is 1.88 bits per heavy atom. The predicted octanol–water partition coefficient (Wildman–Crippen LogP) is 1.03. The van der Waals surface area contributed by atoms with Crippen LogP contribution in [0.3, 0.4) is 0 Å². The largest absolute Gasteiger partial charge is 0.388 e. The van der Waals surface area contributed by atoms with E-state index in [1.807, 2.05) is 20.8 Å². The molecule has 0 saturated heterocycles. The molecule has 0 spiro atoms. The molecule has 0 aromatic rings. The van der Waals surface area contributed by atoms with Gasteiger partial charge in [-0.15, -0.1) is 0 Å². The Morgan fingerprint density at radius 3 is 2.19 bits per heavy atom. The normalized spacial score (nSPS) is 14.7. The molecule has 0 aliphatic heterocycles. The molecule has 0 aliphatic rings. The molecular weight excluding hydrogens is 204 g/mol. The number of hydrogen-bond donors (Lipinski definition) is 3. The van der Waals surface area contributed by atoms with E-state index in [2.05, 4.69) is 5.32 Å². The molecule has 96 valence electrons. The third-order valence-corrected chi connectivity index (χ3v) is 3.37. The molecule has 0 heterocycles. The zero-order valence-corrected chi connectivity index (χ0v) is 11.1. The Hall–Kier alpha value is -0.610. The van der Waals surface area contributed by atoms with Crippen LogP contribution in [-0.2, 0) is 4.79 Å². The average Bonchev–Trinajstić information content (AvgIpc) is 2.11. The summed E-state index contributed by atoms with van der Waals surface area (Å²) in [5.41, 5.74) is 3.96. The minimum atomic E-state index is -0.951. The van der Waals surface area contributed by atoms with Gasteiger partial charge in [0.05, 0.1) is 11.1 Å². The maximum atomic E-state index is 11.8. The number of carbonyl (C=O) groups excluding carboxylic acids is 1. The van der Waals surface area contributed by atoms with Crippen LogP contribution in [0.25, 0.3) is 0 Å². The van der Waals surface area contributed by atoms with Crippen LogP contribution in [0.4, 0.5) is 0 Å². The Balaban J connectivity index is 4.35. The highest BCUT2D eigenvalue weighted by Gasteiger charge is 2.36. The Kier molecular flexibility index (Phi) is 5.42. The van der Waals surface area contributed by atoms with Crippen LogP contribution < -0.4 is 11.1 Å². The van der Waals surface area contributed by atoms with E-state index in [0.29, 0.717) is 13.0 Å². The molecule has 0 bridgehead atoms. The highest BCUT2D eigenvalue weighted by atomic mass is 16.3. The molecule has 0 radical (unpaired) electrons. The van der Waals surface area contributed by atoms with Gasteiger partial charge in [0, 0.05) is 6.42 Å². The van der Waals surface area contributed by atoms with Gasteiger partial charge in [0.15, 0.2) is 0 Å². The molecule has 1 unspecified atom stereocenters. The van der Waals surface area contributed by atoms with Crippen LogP contribution in [0.5, 0.6) is 0 Å². The second-order valence-electron chi connectivity index (χ2n) is 5.45. The standard InChI is InChI=1S/C12H26N2O2/c1-6-9(8-13)7-10(15)14-11(2,3)12(4,5)16/h9,16H,6-8,13H2,1-5H3,(H,14,15). The van der Waals surface area contributed by atoms with E-state index in [9.17, 15) is 9.90 Å². The van der Waals surface area contributed by atoms with Gasteiger partial charge in [-0.25, -0.2) is 0 Å². The third kappa shape index (κ3) is 4.49. The summed E-state index contributed by atoms with van der Waals surface area (Å²) in [5, 5.41) is 12.8. The summed E-state index contributed by atoms with van der Waals surface area (Å²) >= 11 is 0. The number of hydrogen-bond acceptors (Lipinski definition) is 3. The molecule has 0 aliphatic carbocycles. The van der Waals surface area contributed by atoms with Crippen LogP contribution in [0.2, 0.25) is 0 Å². The van der Waals surface area contributed by atoms with Crippen molar-refractivity contribution in [3.63, 3.8) is 0 Å². The number of rotatable bonds is 6. The van der Waals surface area contributed by atoms with Crippen LogP contribution in [0, 0.1) is 5.92 Å². The van der Waals surface area contributed by atoms with Gasteiger partial charge in [0.25, 0.3) is 0 Å². The van der Waals surface area contributed by atoms with Gasteiger partial charge in [-0.1, -0.05) is 13.3 Å². The first kappa shape index (κ1) is 15.4. The topological polar surface area (TPSA) is 75.4 Å². The maximum Gasteiger partial charge on any atom is 0.220 e. The van der Waals surface area contributed by atoms with Crippen LogP contribution in [0.15, 0.2) is 0 Å². The summed E-state index contributed by atoms with van der Waals surface area (Å²) < 4.78 is 0. The molecule has 1 atom stereocenters. The first-order valence-corrected chi connectivity index (χ1v) is 5.87. The highest BCUT2D eigenvalue weighted by Crippen LogP contribution is 2.21. The maximum absolute atomic E-state index is 11.8. The number of nitrogens with one attached hydrogen (secondary N) is 1. The van der Waals surface area contributed by atoms with Crippen molar-refractivity contribution in [1.82, 2.24) is 5.32 Å². The van der Waals surface area contributed by atoms with Crippen molar-refractivity contribution < 1.29 is 9.90 Å². The van der Waals surface area contributed by atoms with Crippen LogP contribution in [-0.4, -0.2) is 28.7 Å². The lowest BCUT2D eigenvalue weighted by atomic mass is 9.85. The fourth-order valence-corrected chi connectivity index (χ4v) is 1.21. The number of amides is 1. The van der Waals surface area contributed by atoms with Gasteiger partial charge in [-0.05, 0) is 40.2 Å². The zero-order valence-electron chi connectivity index (χ0n) is 11.1. The molecule has 0 saturated carbocycles. The SMILES string of the molecule is CCC(CN)CC(=O)NC(C)(C)C(C)(C)O. The van der Waals surface area contributed by atoms with Crippen molar-refractivity contribution in [2.45, 2.75) is 58.6 Å². The fourth-order valence-electron chi connectivity index (χ4n) is 1.21. The number of nitrogens with two attached hydrogens (primary N) is 1. The van der Waals surface area contributed by atoms with E-state index >= 15 is 0 Å². The summed E-state index contributed by atoms with van der Waals surface area (Å²) in [7, 11) is 0. The Morgan fingerprint density at radius 1 is 1.38 bits per heavy atom. The van der Waals surface area contributed by atoms with E-state index in [4.69, 9.17) is 5.73 Å². The quantitative estimate of drug-likeness (QED) is 0.638. The van der Waals surface area contributed by atoms with Crippen molar-refractivity contribution in [2.24, 2.45) is 11.7 Å². The molecule has 0 rings (SSSR count).